The van der Waals surface area contributed by atoms with Crippen LogP contribution >= 0.6 is 11.6 Å². The van der Waals surface area contributed by atoms with Gasteiger partial charge >= 0.3 is 0 Å². The lowest BCUT2D eigenvalue weighted by atomic mass is 10.1. The van der Waals surface area contributed by atoms with Gasteiger partial charge in [-0.05, 0) is 24.3 Å². The van der Waals surface area contributed by atoms with E-state index in [1.165, 1.54) is 30.3 Å². The molecule has 0 heterocycles. The average molecular weight is 290 g/mol. The number of halogens is 1. The van der Waals surface area contributed by atoms with E-state index in [1.807, 2.05) is 0 Å². The van der Waals surface area contributed by atoms with Gasteiger partial charge in [0.2, 0.25) is 0 Å². The third-order valence-corrected chi connectivity index (χ3v) is 2.96. The number of para-hydroxylation sites is 1. The van der Waals surface area contributed by atoms with E-state index in [9.17, 15) is 14.7 Å². The van der Waals surface area contributed by atoms with Gasteiger partial charge in [0.1, 0.15) is 0 Å². The normalized spacial score (nSPS) is 10.1. The molecule has 20 heavy (non-hydrogen) atoms. The first kappa shape index (κ1) is 13.9. The van der Waals surface area contributed by atoms with Crippen molar-refractivity contribution < 1.29 is 14.7 Å². The van der Waals surface area contributed by atoms with Crippen LogP contribution in [0.1, 0.15) is 20.7 Å². The lowest BCUT2D eigenvalue weighted by Gasteiger charge is -2.12. The van der Waals surface area contributed by atoms with E-state index < -0.39 is 11.9 Å². The van der Waals surface area contributed by atoms with Gasteiger partial charge in [0.25, 0.3) is 5.91 Å². The van der Waals surface area contributed by atoms with Crippen molar-refractivity contribution in [3.8, 4) is 0 Å². The van der Waals surface area contributed by atoms with E-state index in [4.69, 9.17) is 17.3 Å². The highest BCUT2D eigenvalue weighted by molar-refractivity contribution is 6.34. The van der Waals surface area contributed by atoms with Crippen molar-refractivity contribution in [1.82, 2.24) is 0 Å². The summed E-state index contributed by atoms with van der Waals surface area (Å²) in [6.45, 7) is 0. The Hall–Kier alpha value is -2.53. The maximum Gasteiger partial charge on any atom is 0.257 e. The number of nitrogens with one attached hydrogen (secondary N) is 1. The van der Waals surface area contributed by atoms with Gasteiger partial charge in [-0.2, -0.15) is 0 Å². The van der Waals surface area contributed by atoms with Gasteiger partial charge in [-0.25, -0.2) is 0 Å². The highest BCUT2D eigenvalue weighted by Gasteiger charge is 2.13. The fourth-order valence-corrected chi connectivity index (χ4v) is 1.88. The van der Waals surface area contributed by atoms with Gasteiger partial charge < -0.3 is 21.0 Å². The van der Waals surface area contributed by atoms with Gasteiger partial charge in [-0.15, -0.1) is 0 Å². The summed E-state index contributed by atoms with van der Waals surface area (Å²) in [5.74, 6) is -1.92. The molecule has 0 unspecified atom stereocenters. The summed E-state index contributed by atoms with van der Waals surface area (Å²) in [5.41, 5.74) is 6.17. The number of carboxylic acids is 1. The molecule has 0 fully saturated rings. The number of carboxylic acid groups (broad SMARTS) is 1. The van der Waals surface area contributed by atoms with E-state index in [1.54, 1.807) is 12.1 Å². The first-order valence-corrected chi connectivity index (χ1v) is 6.03. The van der Waals surface area contributed by atoms with Gasteiger partial charge in [0.05, 0.1) is 22.2 Å². The molecule has 0 aliphatic rings. The first-order valence-electron chi connectivity index (χ1n) is 5.66. The van der Waals surface area contributed by atoms with Crippen LogP contribution in [-0.4, -0.2) is 11.9 Å². The molecule has 0 atom stereocenters. The van der Waals surface area contributed by atoms with Crippen molar-refractivity contribution in [3.63, 3.8) is 0 Å². The predicted octanol–water partition coefficient (Wildman–Crippen LogP) is 1.54. The van der Waals surface area contributed by atoms with Crippen molar-refractivity contribution in [2.24, 2.45) is 0 Å². The van der Waals surface area contributed by atoms with Crippen LogP contribution < -0.4 is 16.2 Å². The molecule has 0 saturated carbocycles. The molecule has 0 aromatic heterocycles. The summed E-state index contributed by atoms with van der Waals surface area (Å²) >= 11 is 5.91. The Morgan fingerprint density at radius 2 is 1.80 bits per heavy atom. The topological polar surface area (TPSA) is 95.2 Å². The quantitative estimate of drug-likeness (QED) is 0.838. The summed E-state index contributed by atoms with van der Waals surface area (Å²) in [5, 5.41) is 13.7. The molecule has 102 valence electrons. The Labute approximate surface area is 120 Å². The van der Waals surface area contributed by atoms with Crippen LogP contribution in [0.25, 0.3) is 0 Å². The van der Waals surface area contributed by atoms with Gasteiger partial charge in [-0.3, -0.25) is 4.79 Å². The molecule has 2 aromatic rings. The smallest absolute Gasteiger partial charge is 0.257 e. The average Bonchev–Trinajstić information content (AvgIpc) is 2.41. The highest BCUT2D eigenvalue weighted by atomic mass is 35.5. The van der Waals surface area contributed by atoms with Gasteiger partial charge in [0.15, 0.2) is 0 Å². The number of anilines is 2. The lowest BCUT2D eigenvalue weighted by molar-refractivity contribution is -0.254. The number of aromatic carboxylic acids is 1. The van der Waals surface area contributed by atoms with E-state index >= 15 is 0 Å². The van der Waals surface area contributed by atoms with E-state index in [-0.39, 0.29) is 21.8 Å². The SMILES string of the molecule is Nc1ccc(Cl)c(C(=O)Nc2ccccc2C(=O)[O-])c1. The predicted molar refractivity (Wildman–Crippen MR) is 74.6 cm³/mol. The van der Waals surface area contributed by atoms with Crippen LogP contribution in [0, 0.1) is 0 Å². The highest BCUT2D eigenvalue weighted by Crippen LogP contribution is 2.21. The number of carbonyl (C=O) groups excluding carboxylic acids is 2. The second-order valence-electron chi connectivity index (χ2n) is 4.03. The Bertz CT molecular complexity index is 686. The molecule has 1 amide bonds. The Balaban J connectivity index is 2.33. The molecule has 0 saturated heterocycles. The van der Waals surface area contributed by atoms with Gasteiger partial charge in [-0.1, -0.05) is 29.8 Å². The minimum atomic E-state index is -1.38. The maximum atomic E-state index is 12.1. The monoisotopic (exact) mass is 289 g/mol. The third kappa shape index (κ3) is 2.89. The number of carbonyl (C=O) groups is 2. The molecular weight excluding hydrogens is 280 g/mol. The fourth-order valence-electron chi connectivity index (χ4n) is 1.68. The summed E-state index contributed by atoms with van der Waals surface area (Å²) in [6, 6.07) is 10.4. The molecule has 3 N–H and O–H groups in total. The molecular formula is C14H10ClN2O3-. The van der Waals surface area contributed by atoms with E-state index in [0.29, 0.717) is 5.69 Å². The Morgan fingerprint density at radius 3 is 2.50 bits per heavy atom. The Morgan fingerprint density at radius 1 is 1.10 bits per heavy atom. The third-order valence-electron chi connectivity index (χ3n) is 2.63. The first-order chi connectivity index (χ1) is 9.49. The van der Waals surface area contributed by atoms with E-state index in [2.05, 4.69) is 5.32 Å². The number of nitrogens with two attached hydrogens (primary N) is 1. The van der Waals surface area contributed by atoms with Crippen molar-refractivity contribution in [3.05, 3.63) is 58.6 Å². The standard InChI is InChI=1S/C14H11ClN2O3/c15-11-6-5-8(16)7-10(11)13(18)17-12-4-2-1-3-9(12)14(19)20/h1-7H,16H2,(H,17,18)(H,19,20)/p-1. The zero-order valence-electron chi connectivity index (χ0n) is 10.2. The summed E-state index contributed by atoms with van der Waals surface area (Å²) < 4.78 is 0. The van der Waals surface area contributed by atoms with Crippen LogP contribution in [-0.2, 0) is 0 Å². The number of benzene rings is 2. The molecule has 2 aromatic carbocycles. The van der Waals surface area contributed by atoms with E-state index in [0.717, 1.165) is 0 Å². The minimum Gasteiger partial charge on any atom is -0.545 e. The lowest BCUT2D eigenvalue weighted by Crippen LogP contribution is -2.24. The van der Waals surface area contributed by atoms with Crippen molar-refractivity contribution >= 4 is 34.9 Å². The van der Waals surface area contributed by atoms with Crippen LogP contribution in [0.4, 0.5) is 11.4 Å². The van der Waals surface area contributed by atoms with Crippen molar-refractivity contribution in [1.29, 1.82) is 0 Å². The van der Waals surface area contributed by atoms with Crippen LogP contribution in [0.2, 0.25) is 5.02 Å². The summed E-state index contributed by atoms with van der Waals surface area (Å²) in [7, 11) is 0. The number of rotatable bonds is 3. The number of hydrogen-bond acceptors (Lipinski definition) is 4. The van der Waals surface area contributed by atoms with Crippen LogP contribution in [0.3, 0.4) is 0 Å². The maximum absolute atomic E-state index is 12.1. The zero-order valence-corrected chi connectivity index (χ0v) is 11.0. The van der Waals surface area contributed by atoms with Crippen molar-refractivity contribution in [2.75, 3.05) is 11.1 Å². The number of nitrogen functional groups attached to an aromatic ring is 1. The molecule has 0 radical (unpaired) electrons. The van der Waals surface area contributed by atoms with Crippen molar-refractivity contribution in [2.45, 2.75) is 0 Å². The molecule has 6 heteroatoms. The molecule has 0 aliphatic carbocycles. The zero-order chi connectivity index (χ0) is 14.7. The largest absolute Gasteiger partial charge is 0.545 e. The molecule has 0 bridgehead atoms. The molecule has 0 spiro atoms. The van der Waals surface area contributed by atoms with Gasteiger partial charge in [0, 0.05) is 11.3 Å². The Kier molecular flexibility index (Phi) is 3.91. The van der Waals surface area contributed by atoms with Crippen LogP contribution in [0.15, 0.2) is 42.5 Å². The second-order valence-corrected chi connectivity index (χ2v) is 4.43. The number of hydrogen-bond donors (Lipinski definition) is 2. The second kappa shape index (κ2) is 5.63. The minimum absolute atomic E-state index is 0.110. The summed E-state index contributed by atoms with van der Waals surface area (Å²) in [4.78, 5) is 23.0. The molecule has 2 rings (SSSR count). The van der Waals surface area contributed by atoms with Crippen LogP contribution in [0.5, 0.6) is 0 Å². The molecule has 5 nitrogen and oxygen atoms in total. The number of amides is 1. The fraction of sp³-hybridized carbons (Fsp3) is 0. The summed E-state index contributed by atoms with van der Waals surface area (Å²) in [6.07, 6.45) is 0. The molecule has 0 aliphatic heterocycles.